The van der Waals surface area contributed by atoms with Gasteiger partial charge in [0.15, 0.2) is 5.69 Å². The minimum atomic E-state index is -0.368. The maximum absolute atomic E-state index is 11.4. The molecule has 2 aromatic heterocycles. The minimum absolute atomic E-state index is 0.300. The molecule has 0 saturated heterocycles. The first-order valence-electron chi connectivity index (χ1n) is 4.64. The van der Waals surface area contributed by atoms with Gasteiger partial charge in [-0.15, -0.1) is 0 Å². The molecule has 0 aliphatic carbocycles. The van der Waals surface area contributed by atoms with Crippen LogP contribution >= 0.6 is 0 Å². The van der Waals surface area contributed by atoms with Crippen molar-refractivity contribution >= 4 is 12.1 Å². The van der Waals surface area contributed by atoms with E-state index in [-0.39, 0.29) is 5.91 Å². The number of carbonyl (C=O) groups is 1. The van der Waals surface area contributed by atoms with Crippen LogP contribution in [-0.2, 0) is 0 Å². The molecule has 6 nitrogen and oxygen atoms in total. The Kier molecular flexibility index (Phi) is 2.81. The Labute approximate surface area is 91.4 Å². The van der Waals surface area contributed by atoms with Gasteiger partial charge < -0.3 is 4.42 Å². The SMILES string of the molecule is Cc1cc(C(=O)N/N=C/c2ccco2)n[nH]1. The molecule has 2 heterocycles. The monoisotopic (exact) mass is 218 g/mol. The molecule has 82 valence electrons. The number of hydrogen-bond donors (Lipinski definition) is 2. The van der Waals surface area contributed by atoms with Crippen LogP contribution in [0.3, 0.4) is 0 Å². The van der Waals surface area contributed by atoms with Gasteiger partial charge in [-0.1, -0.05) is 0 Å². The van der Waals surface area contributed by atoms with Crippen molar-refractivity contribution in [2.75, 3.05) is 0 Å². The standard InChI is InChI=1S/C10H10N4O2/c1-7-5-9(13-12-7)10(15)14-11-6-8-3-2-4-16-8/h2-6H,1H3,(H,12,13)(H,14,15)/b11-6+. The van der Waals surface area contributed by atoms with E-state index in [9.17, 15) is 4.79 Å². The summed E-state index contributed by atoms with van der Waals surface area (Å²) >= 11 is 0. The van der Waals surface area contributed by atoms with Gasteiger partial charge in [0.2, 0.25) is 0 Å². The van der Waals surface area contributed by atoms with Gasteiger partial charge in [-0.05, 0) is 25.1 Å². The van der Waals surface area contributed by atoms with E-state index in [2.05, 4.69) is 20.7 Å². The molecule has 0 fully saturated rings. The lowest BCUT2D eigenvalue weighted by Gasteiger charge is -1.92. The van der Waals surface area contributed by atoms with Gasteiger partial charge in [-0.25, -0.2) is 5.43 Å². The van der Waals surface area contributed by atoms with Crippen LogP contribution in [-0.4, -0.2) is 22.3 Å². The van der Waals surface area contributed by atoms with Crippen molar-refractivity contribution < 1.29 is 9.21 Å². The molecular formula is C10H10N4O2. The molecule has 16 heavy (non-hydrogen) atoms. The summed E-state index contributed by atoms with van der Waals surface area (Å²) in [6.07, 6.45) is 2.94. The fourth-order valence-corrected chi connectivity index (χ4v) is 1.11. The van der Waals surface area contributed by atoms with Crippen LogP contribution < -0.4 is 5.43 Å². The Morgan fingerprint density at radius 1 is 1.69 bits per heavy atom. The zero-order valence-electron chi connectivity index (χ0n) is 8.60. The number of aryl methyl sites for hydroxylation is 1. The molecule has 0 saturated carbocycles. The van der Waals surface area contributed by atoms with E-state index >= 15 is 0 Å². The number of nitrogens with one attached hydrogen (secondary N) is 2. The number of hydrazone groups is 1. The second-order valence-electron chi connectivity index (χ2n) is 3.15. The summed E-state index contributed by atoms with van der Waals surface area (Å²) in [4.78, 5) is 11.4. The fourth-order valence-electron chi connectivity index (χ4n) is 1.11. The summed E-state index contributed by atoms with van der Waals surface area (Å²) in [5, 5.41) is 10.2. The van der Waals surface area contributed by atoms with Crippen LogP contribution in [0.4, 0.5) is 0 Å². The van der Waals surface area contributed by atoms with Crippen LogP contribution in [0, 0.1) is 6.92 Å². The number of H-pyrrole nitrogens is 1. The van der Waals surface area contributed by atoms with Crippen molar-refractivity contribution in [3.63, 3.8) is 0 Å². The number of aromatic amines is 1. The van der Waals surface area contributed by atoms with Gasteiger partial charge in [0.25, 0.3) is 5.91 Å². The molecule has 2 rings (SSSR count). The maximum atomic E-state index is 11.4. The van der Waals surface area contributed by atoms with Crippen LogP contribution in [0.15, 0.2) is 34.0 Å². The number of furan rings is 1. The molecule has 0 radical (unpaired) electrons. The van der Waals surface area contributed by atoms with Crippen LogP contribution in [0.2, 0.25) is 0 Å². The molecule has 0 bridgehead atoms. The zero-order valence-corrected chi connectivity index (χ0v) is 8.60. The topological polar surface area (TPSA) is 83.3 Å². The molecule has 0 aliphatic heterocycles. The van der Waals surface area contributed by atoms with Gasteiger partial charge >= 0.3 is 0 Å². The second-order valence-corrected chi connectivity index (χ2v) is 3.15. The number of hydrogen-bond acceptors (Lipinski definition) is 4. The van der Waals surface area contributed by atoms with Gasteiger partial charge in [0, 0.05) is 5.69 Å². The minimum Gasteiger partial charge on any atom is -0.463 e. The molecule has 0 unspecified atom stereocenters. The lowest BCUT2D eigenvalue weighted by molar-refractivity contribution is 0.0950. The highest BCUT2D eigenvalue weighted by Crippen LogP contribution is 1.97. The van der Waals surface area contributed by atoms with Crippen molar-refractivity contribution in [3.05, 3.63) is 41.6 Å². The summed E-state index contributed by atoms with van der Waals surface area (Å²) in [7, 11) is 0. The van der Waals surface area contributed by atoms with Crippen molar-refractivity contribution in [2.24, 2.45) is 5.10 Å². The summed E-state index contributed by atoms with van der Waals surface area (Å²) in [6.45, 7) is 1.82. The molecule has 2 N–H and O–H groups in total. The molecule has 0 aliphatic rings. The van der Waals surface area contributed by atoms with E-state index in [4.69, 9.17) is 4.42 Å². The van der Waals surface area contributed by atoms with E-state index < -0.39 is 0 Å². The predicted molar refractivity (Wildman–Crippen MR) is 57.1 cm³/mol. The summed E-state index contributed by atoms with van der Waals surface area (Å²) in [5.74, 6) is 0.200. The highest BCUT2D eigenvalue weighted by Gasteiger charge is 2.07. The van der Waals surface area contributed by atoms with Crippen LogP contribution in [0.1, 0.15) is 21.9 Å². The third-order valence-electron chi connectivity index (χ3n) is 1.84. The van der Waals surface area contributed by atoms with Gasteiger partial charge in [-0.2, -0.15) is 10.2 Å². The molecule has 2 aromatic rings. The molecule has 0 aromatic carbocycles. The Morgan fingerprint density at radius 2 is 2.56 bits per heavy atom. The summed E-state index contributed by atoms with van der Waals surface area (Å²) < 4.78 is 5.00. The summed E-state index contributed by atoms with van der Waals surface area (Å²) in [5.41, 5.74) is 3.46. The Morgan fingerprint density at radius 3 is 3.19 bits per heavy atom. The number of aromatic nitrogens is 2. The smallest absolute Gasteiger partial charge is 0.291 e. The lowest BCUT2D eigenvalue weighted by Crippen LogP contribution is -2.17. The average Bonchev–Trinajstić information content (AvgIpc) is 2.89. The van der Waals surface area contributed by atoms with E-state index in [1.165, 1.54) is 12.5 Å². The average molecular weight is 218 g/mol. The first-order valence-corrected chi connectivity index (χ1v) is 4.64. The van der Waals surface area contributed by atoms with E-state index in [1.807, 2.05) is 6.92 Å². The quantitative estimate of drug-likeness (QED) is 0.597. The Bertz CT molecular complexity index is 499. The molecule has 1 amide bonds. The third kappa shape index (κ3) is 2.35. The van der Waals surface area contributed by atoms with E-state index in [1.54, 1.807) is 18.2 Å². The van der Waals surface area contributed by atoms with E-state index in [0.717, 1.165) is 5.69 Å². The first-order chi connectivity index (χ1) is 7.75. The number of nitrogens with zero attached hydrogens (tertiary/aromatic N) is 2. The van der Waals surface area contributed by atoms with Crippen LogP contribution in [0.5, 0.6) is 0 Å². The normalized spacial score (nSPS) is 10.8. The second kappa shape index (κ2) is 4.43. The largest absolute Gasteiger partial charge is 0.463 e. The van der Waals surface area contributed by atoms with Crippen molar-refractivity contribution in [2.45, 2.75) is 6.92 Å². The number of rotatable bonds is 3. The Hall–Kier alpha value is -2.37. The maximum Gasteiger partial charge on any atom is 0.291 e. The molecule has 0 spiro atoms. The van der Waals surface area contributed by atoms with Crippen molar-refractivity contribution in [1.82, 2.24) is 15.6 Å². The number of amides is 1. The number of carbonyl (C=O) groups excluding carboxylic acids is 1. The highest BCUT2D eigenvalue weighted by molar-refractivity contribution is 5.92. The first kappa shape index (κ1) is 10.2. The highest BCUT2D eigenvalue weighted by atomic mass is 16.3. The fraction of sp³-hybridized carbons (Fsp3) is 0.100. The van der Waals surface area contributed by atoms with Gasteiger partial charge in [0.05, 0.1) is 12.5 Å². The lowest BCUT2D eigenvalue weighted by atomic mass is 10.4. The van der Waals surface area contributed by atoms with Gasteiger partial charge in [-0.3, -0.25) is 9.89 Å². The van der Waals surface area contributed by atoms with Gasteiger partial charge in [0.1, 0.15) is 5.76 Å². The van der Waals surface area contributed by atoms with Crippen LogP contribution in [0.25, 0.3) is 0 Å². The predicted octanol–water partition coefficient (Wildman–Crippen LogP) is 1.08. The van der Waals surface area contributed by atoms with E-state index in [0.29, 0.717) is 11.5 Å². The molecule has 6 heteroatoms. The zero-order chi connectivity index (χ0) is 11.4. The Balaban J connectivity index is 1.94. The van der Waals surface area contributed by atoms with Crippen molar-refractivity contribution in [3.8, 4) is 0 Å². The third-order valence-corrected chi connectivity index (χ3v) is 1.84. The van der Waals surface area contributed by atoms with Crippen molar-refractivity contribution in [1.29, 1.82) is 0 Å². The summed E-state index contributed by atoms with van der Waals surface area (Å²) in [6, 6.07) is 5.10. The molecular weight excluding hydrogens is 208 g/mol. The molecule has 0 atom stereocenters.